The van der Waals surface area contributed by atoms with Crippen molar-refractivity contribution in [3.63, 3.8) is 0 Å². The number of aryl methyl sites for hydroxylation is 1. The Labute approximate surface area is 119 Å². The third kappa shape index (κ3) is 3.17. The van der Waals surface area contributed by atoms with Crippen molar-refractivity contribution in [3.05, 3.63) is 35.4 Å². The fraction of sp³-hybridized carbons (Fsp3) is 0.467. The lowest BCUT2D eigenvalue weighted by atomic mass is 9.82. The molecule has 20 heavy (non-hydrogen) atoms. The first-order valence-corrected chi connectivity index (χ1v) is 6.50. The molecule has 0 aromatic heterocycles. The van der Waals surface area contributed by atoms with Crippen LogP contribution in [0.3, 0.4) is 0 Å². The van der Waals surface area contributed by atoms with E-state index in [0.29, 0.717) is 0 Å². The molecule has 110 valence electrons. The molecule has 1 aromatic carbocycles. The number of hydrogen-bond donors (Lipinski definition) is 2. The number of likely N-dealkylation sites (N-methyl/N-ethyl adjacent to an activating group) is 1. The number of nitrogens with one attached hydrogen (secondary N) is 1. The smallest absolute Gasteiger partial charge is 0.265 e. The third-order valence-corrected chi connectivity index (χ3v) is 3.67. The van der Waals surface area contributed by atoms with Gasteiger partial charge < -0.3 is 4.90 Å². The first kappa shape index (κ1) is 16.2. The lowest BCUT2D eigenvalue weighted by molar-refractivity contribution is -0.145. The van der Waals surface area contributed by atoms with E-state index in [4.69, 9.17) is 5.21 Å². The Balaban J connectivity index is 3.03. The third-order valence-electron chi connectivity index (χ3n) is 3.67. The summed E-state index contributed by atoms with van der Waals surface area (Å²) in [5.41, 5.74) is 2.79. The van der Waals surface area contributed by atoms with E-state index in [9.17, 15) is 9.59 Å². The molecule has 0 aliphatic carbocycles. The van der Waals surface area contributed by atoms with Gasteiger partial charge >= 0.3 is 0 Å². The number of amides is 2. The highest BCUT2D eigenvalue weighted by Crippen LogP contribution is 2.26. The van der Waals surface area contributed by atoms with Crippen molar-refractivity contribution < 1.29 is 14.8 Å². The SMILES string of the molecule is Cc1cccc(C(C)(C)C(=O)N(C)C(C)C(=O)NO)c1. The molecule has 0 bridgehead atoms. The molecule has 2 amide bonds. The highest BCUT2D eigenvalue weighted by molar-refractivity contribution is 5.92. The summed E-state index contributed by atoms with van der Waals surface area (Å²) in [6.45, 7) is 7.18. The number of benzene rings is 1. The Hall–Kier alpha value is -1.88. The van der Waals surface area contributed by atoms with Crippen LogP contribution in [0.15, 0.2) is 24.3 Å². The number of carbonyl (C=O) groups excluding carboxylic acids is 2. The van der Waals surface area contributed by atoms with Gasteiger partial charge in [-0.2, -0.15) is 0 Å². The minimum atomic E-state index is -0.745. The highest BCUT2D eigenvalue weighted by atomic mass is 16.5. The second-order valence-electron chi connectivity index (χ2n) is 5.56. The van der Waals surface area contributed by atoms with E-state index in [1.54, 1.807) is 19.5 Å². The van der Waals surface area contributed by atoms with Crippen molar-refractivity contribution in [2.75, 3.05) is 7.05 Å². The lowest BCUT2D eigenvalue weighted by Gasteiger charge is -2.32. The largest absolute Gasteiger partial charge is 0.333 e. The van der Waals surface area contributed by atoms with Crippen molar-refractivity contribution in [1.82, 2.24) is 10.4 Å². The molecule has 1 aromatic rings. The van der Waals surface area contributed by atoms with Gasteiger partial charge in [-0.3, -0.25) is 14.8 Å². The van der Waals surface area contributed by atoms with Crippen LogP contribution in [-0.2, 0) is 15.0 Å². The van der Waals surface area contributed by atoms with Gasteiger partial charge in [0.05, 0.1) is 5.41 Å². The zero-order chi connectivity index (χ0) is 15.5. The molecule has 0 heterocycles. The molecular formula is C15H22N2O3. The van der Waals surface area contributed by atoms with E-state index in [-0.39, 0.29) is 5.91 Å². The second kappa shape index (κ2) is 6.05. The van der Waals surface area contributed by atoms with E-state index < -0.39 is 17.4 Å². The maximum Gasteiger partial charge on any atom is 0.265 e. The van der Waals surface area contributed by atoms with Gasteiger partial charge in [-0.05, 0) is 33.3 Å². The fourth-order valence-electron chi connectivity index (χ4n) is 2.04. The van der Waals surface area contributed by atoms with E-state index in [1.165, 1.54) is 4.90 Å². The minimum Gasteiger partial charge on any atom is -0.333 e. The average molecular weight is 278 g/mol. The standard InChI is InChI=1S/C15H22N2O3/c1-10-7-6-8-12(9-10)15(3,4)14(19)17(5)11(2)13(18)16-20/h6-9,11,20H,1-5H3,(H,16,18). The van der Waals surface area contributed by atoms with Crippen LogP contribution in [0, 0.1) is 6.92 Å². The van der Waals surface area contributed by atoms with Gasteiger partial charge in [-0.25, -0.2) is 5.48 Å². The summed E-state index contributed by atoms with van der Waals surface area (Å²) in [4.78, 5) is 25.4. The molecule has 5 heteroatoms. The molecular weight excluding hydrogens is 256 g/mol. The predicted molar refractivity (Wildman–Crippen MR) is 76.4 cm³/mol. The maximum atomic E-state index is 12.6. The number of rotatable bonds is 4. The average Bonchev–Trinajstić information content (AvgIpc) is 2.43. The first-order valence-electron chi connectivity index (χ1n) is 6.50. The van der Waals surface area contributed by atoms with E-state index in [0.717, 1.165) is 11.1 Å². The summed E-state index contributed by atoms with van der Waals surface area (Å²) in [7, 11) is 1.56. The zero-order valence-corrected chi connectivity index (χ0v) is 12.6. The lowest BCUT2D eigenvalue weighted by Crippen LogP contribution is -2.50. The molecule has 0 saturated carbocycles. The number of hydroxylamine groups is 1. The number of carbonyl (C=O) groups is 2. The van der Waals surface area contributed by atoms with Crippen molar-refractivity contribution in [2.24, 2.45) is 0 Å². The van der Waals surface area contributed by atoms with Crippen LogP contribution in [-0.4, -0.2) is 35.0 Å². The Morgan fingerprint density at radius 2 is 1.95 bits per heavy atom. The summed E-state index contributed by atoms with van der Waals surface area (Å²) in [5.74, 6) is -0.792. The van der Waals surface area contributed by atoms with Crippen LogP contribution in [0.25, 0.3) is 0 Å². The molecule has 5 nitrogen and oxygen atoms in total. The molecule has 0 radical (unpaired) electrons. The highest BCUT2D eigenvalue weighted by Gasteiger charge is 2.35. The van der Waals surface area contributed by atoms with Crippen molar-refractivity contribution in [1.29, 1.82) is 0 Å². The number of nitrogens with zero attached hydrogens (tertiary/aromatic N) is 1. The summed E-state index contributed by atoms with van der Waals surface area (Å²) >= 11 is 0. The minimum absolute atomic E-state index is 0.181. The quantitative estimate of drug-likeness (QED) is 0.649. The van der Waals surface area contributed by atoms with Crippen molar-refractivity contribution >= 4 is 11.8 Å². The molecule has 0 saturated heterocycles. The van der Waals surface area contributed by atoms with Crippen LogP contribution in [0.2, 0.25) is 0 Å². The van der Waals surface area contributed by atoms with Gasteiger partial charge in [-0.1, -0.05) is 29.8 Å². The van der Waals surface area contributed by atoms with Crippen LogP contribution >= 0.6 is 0 Å². The van der Waals surface area contributed by atoms with Gasteiger partial charge in [0.25, 0.3) is 5.91 Å². The Morgan fingerprint density at radius 3 is 2.45 bits per heavy atom. The Kier molecular flexibility index (Phi) is 4.89. The van der Waals surface area contributed by atoms with Crippen LogP contribution < -0.4 is 5.48 Å². The molecule has 0 aliphatic rings. The summed E-state index contributed by atoms with van der Waals surface area (Å²) in [5, 5.41) is 8.65. The monoisotopic (exact) mass is 278 g/mol. The van der Waals surface area contributed by atoms with Crippen LogP contribution in [0.5, 0.6) is 0 Å². The summed E-state index contributed by atoms with van der Waals surface area (Å²) in [6, 6.07) is 6.99. The fourth-order valence-corrected chi connectivity index (χ4v) is 2.04. The second-order valence-corrected chi connectivity index (χ2v) is 5.56. The van der Waals surface area contributed by atoms with Crippen LogP contribution in [0.1, 0.15) is 31.9 Å². The van der Waals surface area contributed by atoms with Crippen molar-refractivity contribution in [3.8, 4) is 0 Å². The molecule has 1 atom stereocenters. The van der Waals surface area contributed by atoms with Gasteiger partial charge in [0.15, 0.2) is 0 Å². The van der Waals surface area contributed by atoms with E-state index in [1.807, 2.05) is 45.0 Å². The predicted octanol–water partition coefficient (Wildman–Crippen LogP) is 1.62. The first-order chi connectivity index (χ1) is 9.21. The molecule has 2 N–H and O–H groups in total. The molecule has 0 spiro atoms. The van der Waals surface area contributed by atoms with Gasteiger partial charge in [0.1, 0.15) is 6.04 Å². The van der Waals surface area contributed by atoms with Gasteiger partial charge in [-0.15, -0.1) is 0 Å². The van der Waals surface area contributed by atoms with E-state index >= 15 is 0 Å². The van der Waals surface area contributed by atoms with E-state index in [2.05, 4.69) is 0 Å². The number of hydrogen-bond acceptors (Lipinski definition) is 3. The normalized spacial score (nSPS) is 12.7. The summed E-state index contributed by atoms with van der Waals surface area (Å²) < 4.78 is 0. The molecule has 1 rings (SSSR count). The van der Waals surface area contributed by atoms with Gasteiger partial charge in [0, 0.05) is 7.05 Å². The Morgan fingerprint density at radius 1 is 1.35 bits per heavy atom. The summed E-state index contributed by atoms with van der Waals surface area (Å²) in [6.07, 6.45) is 0. The van der Waals surface area contributed by atoms with Crippen LogP contribution in [0.4, 0.5) is 0 Å². The topological polar surface area (TPSA) is 69.6 Å². The molecule has 0 aliphatic heterocycles. The van der Waals surface area contributed by atoms with Crippen molar-refractivity contribution in [2.45, 2.75) is 39.2 Å². The Bertz CT molecular complexity index is 512. The maximum absolute atomic E-state index is 12.6. The molecule has 0 fully saturated rings. The molecule has 1 unspecified atom stereocenters. The zero-order valence-electron chi connectivity index (χ0n) is 12.6. The van der Waals surface area contributed by atoms with Gasteiger partial charge in [0.2, 0.25) is 5.91 Å².